The van der Waals surface area contributed by atoms with Crippen LogP contribution in [0.3, 0.4) is 0 Å². The molecule has 5 nitrogen and oxygen atoms in total. The molecule has 0 saturated carbocycles. The highest BCUT2D eigenvalue weighted by Gasteiger charge is 2.38. The summed E-state index contributed by atoms with van der Waals surface area (Å²) in [7, 11) is 1.74. The van der Waals surface area contributed by atoms with Crippen molar-refractivity contribution in [2.24, 2.45) is 5.73 Å². The summed E-state index contributed by atoms with van der Waals surface area (Å²) in [4.78, 5) is 13.6. The first-order chi connectivity index (χ1) is 8.98. The average Bonchev–Trinajstić information content (AvgIpc) is 2.39. The van der Waals surface area contributed by atoms with Crippen molar-refractivity contribution in [3.8, 4) is 0 Å². The maximum Gasteiger partial charge on any atom is 0.237 e. The molecule has 0 atom stereocenters. The molecular formula is C13H19FN4O. The molecule has 0 radical (unpaired) electrons. The molecule has 1 amide bonds. The number of anilines is 2. The second-order valence-corrected chi connectivity index (χ2v) is 4.89. The molecule has 1 saturated heterocycles. The minimum absolute atomic E-state index is 0.332. The Bertz CT molecular complexity index is 484. The van der Waals surface area contributed by atoms with E-state index < -0.39 is 5.54 Å². The van der Waals surface area contributed by atoms with E-state index in [1.807, 2.05) is 4.90 Å². The van der Waals surface area contributed by atoms with Crippen LogP contribution >= 0.6 is 0 Å². The Morgan fingerprint density at radius 2 is 2.05 bits per heavy atom. The van der Waals surface area contributed by atoms with Gasteiger partial charge in [-0.3, -0.25) is 4.79 Å². The van der Waals surface area contributed by atoms with E-state index in [2.05, 4.69) is 5.32 Å². The topological polar surface area (TPSA) is 84.4 Å². The molecule has 0 unspecified atom stereocenters. The van der Waals surface area contributed by atoms with E-state index in [4.69, 9.17) is 11.5 Å². The summed E-state index contributed by atoms with van der Waals surface area (Å²) in [6, 6.07) is 4.37. The molecule has 2 rings (SSSR count). The number of hydrogen-bond acceptors (Lipinski definition) is 4. The lowest BCUT2D eigenvalue weighted by Gasteiger charge is -2.40. The van der Waals surface area contributed by atoms with Crippen molar-refractivity contribution in [1.29, 1.82) is 0 Å². The highest BCUT2D eigenvalue weighted by atomic mass is 19.1. The van der Waals surface area contributed by atoms with Gasteiger partial charge in [-0.15, -0.1) is 0 Å². The number of nitrogens with zero attached hydrogens (tertiary/aromatic N) is 1. The van der Waals surface area contributed by atoms with Crippen LogP contribution in [0.4, 0.5) is 15.8 Å². The van der Waals surface area contributed by atoms with Gasteiger partial charge in [0.15, 0.2) is 0 Å². The van der Waals surface area contributed by atoms with Gasteiger partial charge >= 0.3 is 0 Å². The Morgan fingerprint density at radius 3 is 2.53 bits per heavy atom. The molecule has 1 aliphatic rings. The van der Waals surface area contributed by atoms with Gasteiger partial charge in [-0.05, 0) is 38.1 Å². The number of piperidine rings is 1. The molecular weight excluding hydrogens is 247 g/mol. The first-order valence-corrected chi connectivity index (χ1v) is 6.27. The van der Waals surface area contributed by atoms with Gasteiger partial charge in [-0.25, -0.2) is 4.39 Å². The third-order valence-electron chi connectivity index (χ3n) is 3.90. The monoisotopic (exact) mass is 266 g/mol. The van der Waals surface area contributed by atoms with Crippen molar-refractivity contribution >= 4 is 17.3 Å². The largest absolute Gasteiger partial charge is 0.397 e. The molecule has 1 aromatic carbocycles. The van der Waals surface area contributed by atoms with Crippen LogP contribution in [0, 0.1) is 5.82 Å². The normalized spacial score (nSPS) is 18.3. The molecule has 6 heteroatoms. The smallest absolute Gasteiger partial charge is 0.237 e. The minimum atomic E-state index is -0.648. The van der Waals surface area contributed by atoms with Crippen molar-refractivity contribution in [3.05, 3.63) is 24.0 Å². The predicted molar refractivity (Wildman–Crippen MR) is 73.2 cm³/mol. The van der Waals surface area contributed by atoms with Crippen LogP contribution in [0.2, 0.25) is 0 Å². The Kier molecular flexibility index (Phi) is 3.61. The molecule has 19 heavy (non-hydrogen) atoms. The van der Waals surface area contributed by atoms with E-state index in [1.165, 1.54) is 12.1 Å². The fourth-order valence-corrected chi connectivity index (χ4v) is 2.56. The molecule has 0 aliphatic carbocycles. The summed E-state index contributed by atoms with van der Waals surface area (Å²) in [6.07, 6.45) is 1.21. The quantitative estimate of drug-likeness (QED) is 0.694. The van der Waals surface area contributed by atoms with Gasteiger partial charge in [0.05, 0.1) is 11.4 Å². The van der Waals surface area contributed by atoms with E-state index in [9.17, 15) is 9.18 Å². The van der Waals surface area contributed by atoms with E-state index in [0.717, 1.165) is 5.69 Å². The summed E-state index contributed by atoms with van der Waals surface area (Å²) in [5, 5.41) is 3.02. The molecule has 5 N–H and O–H groups in total. The summed E-state index contributed by atoms with van der Waals surface area (Å²) in [5.41, 5.74) is 11.8. The second-order valence-electron chi connectivity index (χ2n) is 4.89. The molecule has 1 fully saturated rings. The zero-order valence-corrected chi connectivity index (χ0v) is 10.9. The molecule has 1 heterocycles. The Hall–Kier alpha value is -1.82. The van der Waals surface area contributed by atoms with Crippen LogP contribution in [-0.4, -0.2) is 31.6 Å². The van der Waals surface area contributed by atoms with Gasteiger partial charge in [0.2, 0.25) is 5.91 Å². The number of nitrogen functional groups attached to an aromatic ring is 1. The highest BCUT2D eigenvalue weighted by molar-refractivity contribution is 5.85. The van der Waals surface area contributed by atoms with E-state index in [0.29, 0.717) is 31.6 Å². The molecule has 1 aromatic rings. The second kappa shape index (κ2) is 5.05. The van der Waals surface area contributed by atoms with Crippen molar-refractivity contribution in [2.75, 3.05) is 30.8 Å². The number of likely N-dealkylation sites (N-methyl/N-ethyl adjacent to an activating group) is 1. The number of primary amides is 1. The standard InChI is InChI=1S/C13H19FN4O/c1-17-13(12(16)19)4-6-18(7-5-13)11-3-2-9(14)8-10(11)15/h2-3,8,17H,4-7,15H2,1H3,(H2,16,19). The number of carbonyl (C=O) groups excluding carboxylic acids is 1. The van der Waals surface area contributed by atoms with Crippen LogP contribution in [-0.2, 0) is 4.79 Å². The Morgan fingerprint density at radius 1 is 1.42 bits per heavy atom. The van der Waals surface area contributed by atoms with Crippen molar-refractivity contribution < 1.29 is 9.18 Å². The summed E-state index contributed by atoms with van der Waals surface area (Å²) in [6.45, 7) is 1.30. The SMILES string of the molecule is CNC1(C(N)=O)CCN(c2ccc(F)cc2N)CC1. The van der Waals surface area contributed by atoms with Gasteiger partial charge < -0.3 is 21.7 Å². The fourth-order valence-electron chi connectivity index (χ4n) is 2.56. The lowest BCUT2D eigenvalue weighted by Crippen LogP contribution is -2.59. The number of nitrogens with one attached hydrogen (secondary N) is 1. The first kappa shape index (κ1) is 13.6. The lowest BCUT2D eigenvalue weighted by molar-refractivity contribution is -0.125. The van der Waals surface area contributed by atoms with Gasteiger partial charge in [-0.2, -0.15) is 0 Å². The maximum absolute atomic E-state index is 13.0. The van der Waals surface area contributed by atoms with Crippen LogP contribution in [0.25, 0.3) is 0 Å². The third kappa shape index (κ3) is 2.49. The van der Waals surface area contributed by atoms with Crippen LogP contribution < -0.4 is 21.7 Å². The van der Waals surface area contributed by atoms with Crippen LogP contribution in [0.5, 0.6) is 0 Å². The Balaban J connectivity index is 2.13. The summed E-state index contributed by atoms with van der Waals surface area (Å²) in [5.74, 6) is -0.679. The van der Waals surface area contributed by atoms with Crippen LogP contribution in [0.15, 0.2) is 18.2 Å². The van der Waals surface area contributed by atoms with Gasteiger partial charge in [0.25, 0.3) is 0 Å². The van der Waals surface area contributed by atoms with Gasteiger partial charge in [0.1, 0.15) is 11.4 Å². The minimum Gasteiger partial charge on any atom is -0.397 e. The fraction of sp³-hybridized carbons (Fsp3) is 0.462. The molecule has 0 aromatic heterocycles. The number of halogens is 1. The molecule has 0 spiro atoms. The number of nitrogens with two attached hydrogens (primary N) is 2. The zero-order chi connectivity index (χ0) is 14.0. The zero-order valence-electron chi connectivity index (χ0n) is 10.9. The number of benzene rings is 1. The predicted octanol–water partition coefficient (Wildman–Crippen LogP) is 0.452. The average molecular weight is 266 g/mol. The number of rotatable bonds is 3. The first-order valence-electron chi connectivity index (χ1n) is 6.27. The number of amides is 1. The molecule has 0 bridgehead atoms. The van der Waals surface area contributed by atoms with Crippen LogP contribution in [0.1, 0.15) is 12.8 Å². The van der Waals surface area contributed by atoms with E-state index >= 15 is 0 Å². The van der Waals surface area contributed by atoms with Crippen molar-refractivity contribution in [2.45, 2.75) is 18.4 Å². The van der Waals surface area contributed by atoms with Gasteiger partial charge in [0, 0.05) is 13.1 Å². The van der Waals surface area contributed by atoms with Crippen molar-refractivity contribution in [1.82, 2.24) is 5.32 Å². The van der Waals surface area contributed by atoms with Gasteiger partial charge in [-0.1, -0.05) is 0 Å². The number of hydrogen-bond donors (Lipinski definition) is 3. The summed E-state index contributed by atoms with van der Waals surface area (Å²) < 4.78 is 13.0. The lowest BCUT2D eigenvalue weighted by atomic mass is 9.86. The highest BCUT2D eigenvalue weighted by Crippen LogP contribution is 2.30. The Labute approximate surface area is 111 Å². The maximum atomic E-state index is 13.0. The number of carbonyl (C=O) groups is 1. The summed E-state index contributed by atoms with van der Waals surface area (Å²) >= 11 is 0. The van der Waals surface area contributed by atoms with Crippen molar-refractivity contribution in [3.63, 3.8) is 0 Å². The molecule has 1 aliphatic heterocycles. The molecule has 104 valence electrons. The van der Waals surface area contributed by atoms with E-state index in [1.54, 1.807) is 13.1 Å². The third-order valence-corrected chi connectivity index (χ3v) is 3.90. The van der Waals surface area contributed by atoms with E-state index in [-0.39, 0.29) is 11.7 Å².